The third-order valence-electron chi connectivity index (χ3n) is 1.93. The van der Waals surface area contributed by atoms with Crippen LogP contribution in [0.3, 0.4) is 0 Å². The summed E-state index contributed by atoms with van der Waals surface area (Å²) in [4.78, 5) is 0. The molecule has 2 rings (SSSR count). The summed E-state index contributed by atoms with van der Waals surface area (Å²) in [6.07, 6.45) is 0. The summed E-state index contributed by atoms with van der Waals surface area (Å²) < 4.78 is 5.48. The molecule has 0 aliphatic heterocycles. The van der Waals surface area contributed by atoms with Crippen molar-refractivity contribution in [2.75, 3.05) is 0 Å². The second-order valence-electron chi connectivity index (χ2n) is 2.88. The van der Waals surface area contributed by atoms with Crippen LogP contribution in [-0.2, 0) is 5.88 Å². The van der Waals surface area contributed by atoms with E-state index in [1.165, 1.54) is 0 Å². The zero-order chi connectivity index (χ0) is 9.97. The molecular weight excluding hydrogens is 219 g/mol. The topological polar surface area (TPSA) is 13.1 Å². The van der Waals surface area contributed by atoms with E-state index in [1.807, 2.05) is 36.4 Å². The van der Waals surface area contributed by atoms with E-state index in [-0.39, 0.29) is 0 Å². The monoisotopic (exact) mass is 226 g/mol. The summed E-state index contributed by atoms with van der Waals surface area (Å²) in [5.74, 6) is 1.89. The van der Waals surface area contributed by atoms with E-state index in [9.17, 15) is 0 Å². The zero-order valence-electron chi connectivity index (χ0n) is 7.34. The van der Waals surface area contributed by atoms with Crippen molar-refractivity contribution in [1.29, 1.82) is 0 Å². The SMILES string of the molecule is ClCc1ccc(-c2ccccc2Cl)o1. The lowest BCUT2D eigenvalue weighted by Gasteiger charge is -1.98. The number of halogens is 2. The van der Waals surface area contributed by atoms with Crippen LogP contribution in [0.15, 0.2) is 40.8 Å². The molecule has 1 nitrogen and oxygen atoms in total. The van der Waals surface area contributed by atoms with E-state index in [0.717, 1.165) is 17.1 Å². The van der Waals surface area contributed by atoms with Crippen molar-refractivity contribution in [3.8, 4) is 11.3 Å². The molecule has 0 aliphatic carbocycles. The number of benzene rings is 1. The van der Waals surface area contributed by atoms with Crippen LogP contribution >= 0.6 is 23.2 Å². The Morgan fingerprint density at radius 3 is 2.50 bits per heavy atom. The molecule has 0 N–H and O–H groups in total. The molecule has 0 amide bonds. The molecule has 0 spiro atoms. The van der Waals surface area contributed by atoms with E-state index >= 15 is 0 Å². The second kappa shape index (κ2) is 4.07. The standard InChI is InChI=1S/C11H8Cl2O/c12-7-8-5-6-11(14-8)9-3-1-2-4-10(9)13/h1-6H,7H2. The van der Waals surface area contributed by atoms with Gasteiger partial charge >= 0.3 is 0 Å². The quantitative estimate of drug-likeness (QED) is 0.695. The van der Waals surface area contributed by atoms with Crippen molar-refractivity contribution in [1.82, 2.24) is 0 Å². The summed E-state index contributed by atoms with van der Waals surface area (Å²) in [7, 11) is 0. The smallest absolute Gasteiger partial charge is 0.135 e. The maximum atomic E-state index is 6.02. The van der Waals surface area contributed by atoms with Crippen LogP contribution in [0.1, 0.15) is 5.76 Å². The third-order valence-corrected chi connectivity index (χ3v) is 2.53. The Kier molecular flexibility index (Phi) is 2.80. The van der Waals surface area contributed by atoms with Gasteiger partial charge in [-0.25, -0.2) is 0 Å². The molecule has 72 valence electrons. The highest BCUT2D eigenvalue weighted by molar-refractivity contribution is 6.33. The summed E-state index contributed by atoms with van der Waals surface area (Å²) in [5, 5.41) is 0.683. The number of hydrogen-bond acceptors (Lipinski definition) is 1. The van der Waals surface area contributed by atoms with Crippen LogP contribution in [0.2, 0.25) is 5.02 Å². The number of furan rings is 1. The molecule has 1 heterocycles. The highest BCUT2D eigenvalue weighted by Crippen LogP contribution is 2.29. The minimum Gasteiger partial charge on any atom is -0.460 e. The molecule has 14 heavy (non-hydrogen) atoms. The average Bonchev–Trinajstić information content (AvgIpc) is 2.67. The van der Waals surface area contributed by atoms with Gasteiger partial charge in [-0.15, -0.1) is 11.6 Å². The lowest BCUT2D eigenvalue weighted by Crippen LogP contribution is -1.74. The Morgan fingerprint density at radius 2 is 1.86 bits per heavy atom. The van der Waals surface area contributed by atoms with Gasteiger partial charge in [-0.1, -0.05) is 23.7 Å². The van der Waals surface area contributed by atoms with Gasteiger partial charge < -0.3 is 4.42 Å². The molecule has 0 saturated carbocycles. The highest BCUT2D eigenvalue weighted by atomic mass is 35.5. The molecule has 0 unspecified atom stereocenters. The zero-order valence-corrected chi connectivity index (χ0v) is 8.85. The fraction of sp³-hybridized carbons (Fsp3) is 0.0909. The molecule has 0 saturated heterocycles. The molecule has 0 fully saturated rings. The maximum absolute atomic E-state index is 6.02. The first-order valence-corrected chi connectivity index (χ1v) is 5.12. The van der Waals surface area contributed by atoms with Crippen molar-refractivity contribution in [3.05, 3.63) is 47.2 Å². The Labute approximate surface area is 92.3 Å². The summed E-state index contributed by atoms with van der Waals surface area (Å²) in [6, 6.07) is 11.3. The van der Waals surface area contributed by atoms with Gasteiger partial charge in [0.25, 0.3) is 0 Å². The first-order valence-electron chi connectivity index (χ1n) is 4.21. The van der Waals surface area contributed by atoms with Gasteiger partial charge in [0.1, 0.15) is 11.5 Å². The van der Waals surface area contributed by atoms with Crippen LogP contribution in [-0.4, -0.2) is 0 Å². The maximum Gasteiger partial charge on any atom is 0.135 e. The molecule has 2 aromatic rings. The van der Waals surface area contributed by atoms with Crippen molar-refractivity contribution < 1.29 is 4.42 Å². The van der Waals surface area contributed by atoms with Crippen molar-refractivity contribution in [2.45, 2.75) is 5.88 Å². The summed E-state index contributed by atoms with van der Waals surface area (Å²) in [6.45, 7) is 0. The van der Waals surface area contributed by atoms with Gasteiger partial charge in [0.15, 0.2) is 0 Å². The lowest BCUT2D eigenvalue weighted by molar-refractivity contribution is 0.543. The van der Waals surface area contributed by atoms with E-state index in [0.29, 0.717) is 10.9 Å². The second-order valence-corrected chi connectivity index (χ2v) is 3.55. The molecular formula is C11H8Cl2O. The molecule has 1 aromatic carbocycles. The minimum atomic E-state index is 0.379. The number of rotatable bonds is 2. The van der Waals surface area contributed by atoms with E-state index in [2.05, 4.69) is 0 Å². The van der Waals surface area contributed by atoms with Crippen molar-refractivity contribution in [2.24, 2.45) is 0 Å². The average molecular weight is 227 g/mol. The van der Waals surface area contributed by atoms with Crippen LogP contribution < -0.4 is 0 Å². The van der Waals surface area contributed by atoms with Gasteiger partial charge in [0.05, 0.1) is 10.9 Å². The van der Waals surface area contributed by atoms with Gasteiger partial charge in [0, 0.05) is 5.56 Å². The normalized spacial score (nSPS) is 10.4. The van der Waals surface area contributed by atoms with Gasteiger partial charge in [-0.05, 0) is 24.3 Å². The van der Waals surface area contributed by atoms with Crippen molar-refractivity contribution in [3.63, 3.8) is 0 Å². The Bertz CT molecular complexity index is 434. The fourth-order valence-electron chi connectivity index (χ4n) is 1.26. The summed E-state index contributed by atoms with van der Waals surface area (Å²) >= 11 is 11.7. The van der Waals surface area contributed by atoms with Crippen molar-refractivity contribution >= 4 is 23.2 Å². The number of hydrogen-bond donors (Lipinski definition) is 0. The lowest BCUT2D eigenvalue weighted by atomic mass is 10.2. The minimum absolute atomic E-state index is 0.379. The van der Waals surface area contributed by atoms with Crippen LogP contribution in [0.4, 0.5) is 0 Å². The van der Waals surface area contributed by atoms with Crippen LogP contribution in [0, 0.1) is 0 Å². The first-order chi connectivity index (χ1) is 6.81. The van der Waals surface area contributed by atoms with Gasteiger partial charge in [-0.2, -0.15) is 0 Å². The van der Waals surface area contributed by atoms with Crippen LogP contribution in [0.5, 0.6) is 0 Å². The molecule has 0 aliphatic rings. The van der Waals surface area contributed by atoms with Crippen LogP contribution in [0.25, 0.3) is 11.3 Å². The Morgan fingerprint density at radius 1 is 1.07 bits per heavy atom. The van der Waals surface area contributed by atoms with E-state index in [4.69, 9.17) is 27.6 Å². The predicted molar refractivity (Wildman–Crippen MR) is 58.7 cm³/mol. The molecule has 0 bridgehead atoms. The first kappa shape index (κ1) is 9.63. The van der Waals surface area contributed by atoms with E-state index in [1.54, 1.807) is 0 Å². The summed E-state index contributed by atoms with van der Waals surface area (Å²) in [5.41, 5.74) is 0.894. The molecule has 1 aromatic heterocycles. The Hall–Kier alpha value is -0.920. The predicted octanol–water partition coefficient (Wildman–Crippen LogP) is 4.34. The Balaban J connectivity index is 2.44. The molecule has 0 atom stereocenters. The molecule has 3 heteroatoms. The van der Waals surface area contributed by atoms with E-state index < -0.39 is 0 Å². The highest BCUT2D eigenvalue weighted by Gasteiger charge is 2.06. The molecule has 0 radical (unpaired) electrons. The third kappa shape index (κ3) is 1.79. The van der Waals surface area contributed by atoms with Gasteiger partial charge in [-0.3, -0.25) is 0 Å². The fourth-order valence-corrected chi connectivity index (χ4v) is 1.63. The number of alkyl halides is 1. The largest absolute Gasteiger partial charge is 0.460 e. The van der Waals surface area contributed by atoms with Gasteiger partial charge in [0.2, 0.25) is 0 Å².